The molecule has 1 aromatic heterocycles. The molecule has 0 spiro atoms. The molecule has 0 aromatic carbocycles. The summed E-state index contributed by atoms with van der Waals surface area (Å²) in [6.45, 7) is 6.58. The quantitative estimate of drug-likeness (QED) is 0.672. The Hall–Kier alpha value is -0.340. The molecular weight excluding hydrogens is 154 g/mol. The summed E-state index contributed by atoms with van der Waals surface area (Å²) in [5.41, 5.74) is 1.43. The molecule has 11 heavy (non-hydrogen) atoms. The Labute approximate surface area is 72.7 Å². The maximum atomic E-state index is 2.32. The van der Waals surface area contributed by atoms with E-state index in [9.17, 15) is 0 Å². The Kier molecular flexibility index (Phi) is 3.09. The van der Waals surface area contributed by atoms with Gasteiger partial charge in [-0.3, -0.25) is 0 Å². The van der Waals surface area contributed by atoms with Crippen molar-refractivity contribution in [2.24, 2.45) is 0 Å². The molecular formula is C9H15NS. The van der Waals surface area contributed by atoms with Gasteiger partial charge in [0, 0.05) is 11.4 Å². The molecule has 1 heterocycles. The third-order valence-electron chi connectivity index (χ3n) is 1.92. The predicted octanol–water partition coefficient (Wildman–Crippen LogP) is 2.51. The minimum Gasteiger partial charge on any atom is -0.302 e. The van der Waals surface area contributed by atoms with Crippen molar-refractivity contribution in [3.8, 4) is 0 Å². The van der Waals surface area contributed by atoms with Crippen molar-refractivity contribution < 1.29 is 0 Å². The number of thiophene rings is 1. The first-order valence-electron chi connectivity index (χ1n) is 3.95. The molecule has 0 bridgehead atoms. The van der Waals surface area contributed by atoms with Gasteiger partial charge in [0.1, 0.15) is 0 Å². The number of hydrogen-bond acceptors (Lipinski definition) is 2. The minimum atomic E-state index is 1.10. The van der Waals surface area contributed by atoms with E-state index >= 15 is 0 Å². The number of aryl methyl sites for hydroxylation is 1. The molecule has 0 radical (unpaired) electrons. The molecule has 0 saturated heterocycles. The van der Waals surface area contributed by atoms with E-state index in [-0.39, 0.29) is 0 Å². The summed E-state index contributed by atoms with van der Waals surface area (Å²) in [4.78, 5) is 3.81. The van der Waals surface area contributed by atoms with Crippen LogP contribution in [0.3, 0.4) is 0 Å². The van der Waals surface area contributed by atoms with Crippen LogP contribution in [0.2, 0.25) is 0 Å². The van der Waals surface area contributed by atoms with Crippen molar-refractivity contribution >= 4 is 11.3 Å². The number of rotatable bonds is 3. The van der Waals surface area contributed by atoms with Gasteiger partial charge in [0.25, 0.3) is 0 Å². The van der Waals surface area contributed by atoms with E-state index < -0.39 is 0 Å². The molecule has 0 aliphatic rings. The van der Waals surface area contributed by atoms with Crippen LogP contribution in [0.15, 0.2) is 11.4 Å². The molecule has 1 rings (SSSR count). The van der Waals surface area contributed by atoms with Gasteiger partial charge in [-0.25, -0.2) is 0 Å². The van der Waals surface area contributed by atoms with E-state index in [1.807, 2.05) is 11.3 Å². The van der Waals surface area contributed by atoms with Crippen LogP contribution in [-0.4, -0.2) is 18.5 Å². The Bertz CT molecular complexity index is 217. The lowest BCUT2D eigenvalue weighted by Gasteiger charge is -2.12. The highest BCUT2D eigenvalue weighted by Crippen LogP contribution is 2.16. The Morgan fingerprint density at radius 3 is 2.73 bits per heavy atom. The summed E-state index contributed by atoms with van der Waals surface area (Å²) < 4.78 is 0. The lowest BCUT2D eigenvalue weighted by Crippen LogP contribution is -2.16. The molecule has 0 aliphatic carbocycles. The molecule has 0 fully saturated rings. The van der Waals surface area contributed by atoms with E-state index in [2.05, 4.69) is 37.2 Å². The van der Waals surface area contributed by atoms with Gasteiger partial charge in [-0.1, -0.05) is 6.92 Å². The van der Waals surface area contributed by atoms with Gasteiger partial charge in [0.05, 0.1) is 0 Å². The van der Waals surface area contributed by atoms with Gasteiger partial charge in [-0.15, -0.1) is 11.3 Å². The van der Waals surface area contributed by atoms with Crippen molar-refractivity contribution in [3.05, 3.63) is 21.9 Å². The highest BCUT2D eigenvalue weighted by Gasteiger charge is 2.01. The number of nitrogens with zero attached hydrogens (tertiary/aromatic N) is 1. The Balaban J connectivity index is 2.56. The first-order valence-corrected chi connectivity index (χ1v) is 4.83. The van der Waals surface area contributed by atoms with Crippen LogP contribution in [0.4, 0.5) is 0 Å². The predicted molar refractivity (Wildman–Crippen MR) is 51.1 cm³/mol. The fourth-order valence-electron chi connectivity index (χ4n) is 0.923. The molecule has 0 N–H and O–H groups in total. The van der Waals surface area contributed by atoms with Gasteiger partial charge in [0.2, 0.25) is 0 Å². The maximum Gasteiger partial charge on any atom is 0.0327 e. The molecule has 0 unspecified atom stereocenters. The molecule has 2 heteroatoms. The second-order valence-electron chi connectivity index (χ2n) is 2.86. The third-order valence-corrected chi connectivity index (χ3v) is 2.93. The smallest absolute Gasteiger partial charge is 0.0327 e. The Morgan fingerprint density at radius 1 is 1.55 bits per heavy atom. The minimum absolute atomic E-state index is 1.10. The molecule has 1 aromatic rings. The fraction of sp³-hybridized carbons (Fsp3) is 0.556. The largest absolute Gasteiger partial charge is 0.302 e. The zero-order chi connectivity index (χ0) is 8.27. The van der Waals surface area contributed by atoms with Crippen molar-refractivity contribution in [2.75, 3.05) is 13.6 Å². The van der Waals surface area contributed by atoms with Crippen molar-refractivity contribution in [1.82, 2.24) is 4.90 Å². The fourth-order valence-corrected chi connectivity index (χ4v) is 1.91. The van der Waals surface area contributed by atoms with E-state index in [4.69, 9.17) is 0 Å². The lowest BCUT2D eigenvalue weighted by atomic mass is 10.3. The topological polar surface area (TPSA) is 3.24 Å². The van der Waals surface area contributed by atoms with Gasteiger partial charge in [0.15, 0.2) is 0 Å². The maximum absolute atomic E-state index is 2.32. The lowest BCUT2D eigenvalue weighted by molar-refractivity contribution is 0.348. The van der Waals surface area contributed by atoms with E-state index in [1.54, 1.807) is 0 Å². The van der Waals surface area contributed by atoms with E-state index in [0.29, 0.717) is 0 Å². The standard InChI is InChI=1S/C9H15NS/c1-4-10(3)7-9-8(2)5-6-11-9/h5-6H,4,7H2,1-3H3. The van der Waals surface area contributed by atoms with Crippen molar-refractivity contribution in [3.63, 3.8) is 0 Å². The zero-order valence-corrected chi connectivity index (χ0v) is 8.24. The summed E-state index contributed by atoms with van der Waals surface area (Å²) in [6, 6.07) is 2.18. The third kappa shape index (κ3) is 2.31. The van der Waals surface area contributed by atoms with Crippen LogP contribution in [0, 0.1) is 6.92 Å². The van der Waals surface area contributed by atoms with Gasteiger partial charge in [-0.2, -0.15) is 0 Å². The number of hydrogen-bond donors (Lipinski definition) is 0. The van der Waals surface area contributed by atoms with Crippen LogP contribution in [0.5, 0.6) is 0 Å². The van der Waals surface area contributed by atoms with E-state index in [0.717, 1.165) is 13.1 Å². The van der Waals surface area contributed by atoms with Crippen LogP contribution in [0.25, 0.3) is 0 Å². The van der Waals surface area contributed by atoms with Gasteiger partial charge in [-0.05, 0) is 37.5 Å². The monoisotopic (exact) mass is 169 g/mol. The summed E-state index contributed by atoms with van der Waals surface area (Å²) in [5, 5.41) is 2.16. The first kappa shape index (κ1) is 8.75. The zero-order valence-electron chi connectivity index (χ0n) is 7.42. The molecule has 1 nitrogen and oxygen atoms in total. The van der Waals surface area contributed by atoms with E-state index in [1.165, 1.54) is 10.4 Å². The van der Waals surface area contributed by atoms with Crippen LogP contribution in [0.1, 0.15) is 17.4 Å². The van der Waals surface area contributed by atoms with Crippen LogP contribution >= 0.6 is 11.3 Å². The normalized spacial score (nSPS) is 10.9. The SMILES string of the molecule is CCN(C)Cc1sccc1C. The van der Waals surface area contributed by atoms with Gasteiger partial charge < -0.3 is 4.90 Å². The van der Waals surface area contributed by atoms with Crippen LogP contribution in [-0.2, 0) is 6.54 Å². The van der Waals surface area contributed by atoms with Crippen molar-refractivity contribution in [2.45, 2.75) is 20.4 Å². The summed E-state index contributed by atoms with van der Waals surface area (Å²) in [6.07, 6.45) is 0. The van der Waals surface area contributed by atoms with Crippen molar-refractivity contribution in [1.29, 1.82) is 0 Å². The first-order chi connectivity index (χ1) is 5.24. The average molecular weight is 169 g/mol. The summed E-state index contributed by atoms with van der Waals surface area (Å²) >= 11 is 1.85. The van der Waals surface area contributed by atoms with Gasteiger partial charge >= 0.3 is 0 Å². The highest BCUT2D eigenvalue weighted by molar-refractivity contribution is 7.10. The molecule has 0 saturated carbocycles. The average Bonchev–Trinajstić information content (AvgIpc) is 2.37. The molecule has 62 valence electrons. The summed E-state index contributed by atoms with van der Waals surface area (Å²) in [5.74, 6) is 0. The second kappa shape index (κ2) is 3.88. The molecule has 0 amide bonds. The second-order valence-corrected chi connectivity index (χ2v) is 3.86. The highest BCUT2D eigenvalue weighted by atomic mass is 32.1. The molecule has 0 atom stereocenters. The van der Waals surface area contributed by atoms with Crippen LogP contribution < -0.4 is 0 Å². The Morgan fingerprint density at radius 2 is 2.27 bits per heavy atom. The summed E-state index contributed by atoms with van der Waals surface area (Å²) in [7, 11) is 2.15. The molecule has 0 aliphatic heterocycles.